The fourth-order valence-electron chi connectivity index (χ4n) is 5.67. The topological polar surface area (TPSA) is 0 Å². The van der Waals surface area contributed by atoms with Crippen LogP contribution in [0.25, 0.3) is 5.57 Å². The normalized spacial score (nSPS) is 27.1. The Hall–Kier alpha value is -1.25. The van der Waals surface area contributed by atoms with Crippen LogP contribution >= 0.6 is 11.8 Å². The average Bonchev–Trinajstić information content (AvgIpc) is 2.90. The van der Waals surface area contributed by atoms with Crippen LogP contribution in [0.2, 0.25) is 24.7 Å². The van der Waals surface area contributed by atoms with Crippen LogP contribution in [0.1, 0.15) is 25.0 Å². The molecule has 1 saturated heterocycles. The Morgan fingerprint density at radius 2 is 1.36 bits per heavy atom. The van der Waals surface area contributed by atoms with Crippen LogP contribution in [-0.2, 0) is 0 Å². The Labute approximate surface area is 157 Å². The first-order chi connectivity index (χ1) is 11.8. The van der Waals surface area contributed by atoms with E-state index in [1.54, 1.807) is 4.91 Å². The predicted molar refractivity (Wildman–Crippen MR) is 115 cm³/mol. The molecule has 2 fully saturated rings. The third-order valence-electron chi connectivity index (χ3n) is 6.61. The van der Waals surface area contributed by atoms with Crippen LogP contribution in [0.15, 0.2) is 65.6 Å². The molecule has 0 nitrogen and oxygen atoms in total. The number of benzene rings is 2. The van der Waals surface area contributed by atoms with E-state index in [4.69, 9.17) is 0 Å². The number of fused-ring (bicyclic) bond motifs is 1. The Morgan fingerprint density at radius 1 is 0.880 bits per heavy atom. The predicted octanol–water partition coefficient (Wildman–Crippen LogP) is 6.93. The molecule has 0 amide bonds. The van der Waals surface area contributed by atoms with Crippen LogP contribution in [0.5, 0.6) is 0 Å². The van der Waals surface area contributed by atoms with Gasteiger partial charge < -0.3 is 0 Å². The van der Waals surface area contributed by atoms with Crippen LogP contribution in [-0.4, -0.2) is 13.8 Å². The lowest BCUT2D eigenvalue weighted by Crippen LogP contribution is -2.34. The van der Waals surface area contributed by atoms with E-state index in [2.05, 4.69) is 106 Å². The van der Waals surface area contributed by atoms with Gasteiger partial charge >= 0.3 is 0 Å². The summed E-state index contributed by atoms with van der Waals surface area (Å²) in [5.41, 5.74) is 4.67. The van der Waals surface area contributed by atoms with Crippen molar-refractivity contribution in [2.75, 3.05) is 5.75 Å². The van der Waals surface area contributed by atoms with E-state index < -0.39 is 8.07 Å². The molecule has 1 saturated carbocycles. The van der Waals surface area contributed by atoms with Gasteiger partial charge in [-0.25, -0.2) is 0 Å². The number of hydrogen-bond donors (Lipinski definition) is 0. The molecule has 1 heterocycles. The molecule has 4 rings (SSSR count). The molecule has 2 aromatic rings. The molecule has 25 heavy (non-hydrogen) atoms. The summed E-state index contributed by atoms with van der Waals surface area (Å²) in [6, 6.07) is 22.1. The minimum absolute atomic E-state index is 0.422. The zero-order valence-corrected chi connectivity index (χ0v) is 17.8. The third-order valence-corrected chi connectivity index (χ3v) is 11.7. The first-order valence-electron chi connectivity index (χ1n) is 9.30. The first-order valence-corrected chi connectivity index (χ1v) is 13.8. The standard InChI is InChI=1S/C23H28SSi/c1-22(2)19-16-24-21(23(19,22)25(3,4)5)20(17-12-8-6-9-13-17)18-14-10-7-11-15-18/h6-15,19H,16H2,1-5H3. The molecule has 2 aliphatic rings. The van der Waals surface area contributed by atoms with Gasteiger partial charge in [-0.3, -0.25) is 0 Å². The molecule has 0 spiro atoms. The minimum Gasteiger partial charge on any atom is -0.129 e. The van der Waals surface area contributed by atoms with Gasteiger partial charge in [-0.15, -0.1) is 11.8 Å². The zero-order chi connectivity index (χ0) is 17.9. The van der Waals surface area contributed by atoms with Gasteiger partial charge in [0.25, 0.3) is 0 Å². The zero-order valence-electron chi connectivity index (χ0n) is 16.0. The monoisotopic (exact) mass is 364 g/mol. The summed E-state index contributed by atoms with van der Waals surface area (Å²) in [4.78, 5) is 1.68. The molecule has 0 aromatic heterocycles. The summed E-state index contributed by atoms with van der Waals surface area (Å²) < 4.78 is 0. The van der Waals surface area contributed by atoms with Gasteiger partial charge in [-0.05, 0) is 32.9 Å². The number of hydrogen-bond acceptors (Lipinski definition) is 1. The highest BCUT2D eigenvalue weighted by Crippen LogP contribution is 2.88. The third kappa shape index (κ3) is 2.27. The second kappa shape index (κ2) is 5.62. The molecule has 2 atom stereocenters. The Balaban J connectivity index is 2.02. The van der Waals surface area contributed by atoms with E-state index in [0.29, 0.717) is 10.5 Å². The highest BCUT2D eigenvalue weighted by atomic mass is 32.2. The van der Waals surface area contributed by atoms with Gasteiger partial charge in [0.15, 0.2) is 0 Å². The largest absolute Gasteiger partial charge is 0.129 e. The summed E-state index contributed by atoms with van der Waals surface area (Å²) in [6.45, 7) is 12.8. The molecule has 0 N–H and O–H groups in total. The summed E-state index contributed by atoms with van der Waals surface area (Å²) >= 11 is 2.14. The smallest absolute Gasteiger partial charge is 0.0575 e. The SMILES string of the molecule is CC1(C)C2CSC(=C(c3ccccc3)c3ccccc3)C21[Si](C)(C)C. The lowest BCUT2D eigenvalue weighted by molar-refractivity contribution is 0.567. The maximum atomic E-state index is 2.58. The fourth-order valence-corrected chi connectivity index (χ4v) is 13.3. The molecular formula is C23H28SSi. The van der Waals surface area contributed by atoms with Crippen molar-refractivity contribution in [1.82, 2.24) is 0 Å². The van der Waals surface area contributed by atoms with E-state index in [-0.39, 0.29) is 0 Å². The molecule has 2 heteroatoms. The lowest BCUT2D eigenvalue weighted by Gasteiger charge is -2.35. The van der Waals surface area contributed by atoms with Crippen molar-refractivity contribution in [2.24, 2.45) is 11.3 Å². The summed E-state index contributed by atoms with van der Waals surface area (Å²) in [5, 5.41) is 0.422. The minimum atomic E-state index is -1.38. The van der Waals surface area contributed by atoms with Gasteiger partial charge in [0.05, 0.1) is 8.07 Å². The summed E-state index contributed by atoms with van der Waals surface area (Å²) in [7, 11) is -1.38. The number of rotatable bonds is 3. The van der Waals surface area contributed by atoms with Crippen molar-refractivity contribution in [3.63, 3.8) is 0 Å². The average molecular weight is 365 g/mol. The second-order valence-electron chi connectivity index (χ2n) is 9.08. The van der Waals surface area contributed by atoms with Crippen LogP contribution in [0.3, 0.4) is 0 Å². The maximum Gasteiger partial charge on any atom is 0.0575 e. The van der Waals surface area contributed by atoms with Gasteiger partial charge in [-0.1, -0.05) is 94.2 Å². The van der Waals surface area contributed by atoms with Crippen LogP contribution < -0.4 is 0 Å². The van der Waals surface area contributed by atoms with E-state index >= 15 is 0 Å². The number of thioether (sulfide) groups is 1. The Morgan fingerprint density at radius 3 is 1.76 bits per heavy atom. The molecule has 0 radical (unpaired) electrons. The molecule has 0 bridgehead atoms. The molecular weight excluding hydrogens is 336 g/mol. The van der Waals surface area contributed by atoms with Gasteiger partial charge in [0, 0.05) is 10.8 Å². The van der Waals surface area contributed by atoms with E-state index in [1.807, 2.05) is 0 Å². The Bertz CT molecular complexity index is 761. The van der Waals surface area contributed by atoms with Crippen molar-refractivity contribution in [1.29, 1.82) is 0 Å². The lowest BCUT2D eigenvalue weighted by atomic mass is 9.94. The summed E-state index contributed by atoms with van der Waals surface area (Å²) in [5.74, 6) is 2.13. The van der Waals surface area contributed by atoms with E-state index in [0.717, 1.165) is 5.92 Å². The van der Waals surface area contributed by atoms with Crippen molar-refractivity contribution in [3.8, 4) is 0 Å². The van der Waals surface area contributed by atoms with Crippen LogP contribution in [0, 0.1) is 11.3 Å². The van der Waals surface area contributed by atoms with E-state index in [1.165, 1.54) is 22.5 Å². The Kier molecular flexibility index (Phi) is 3.86. The van der Waals surface area contributed by atoms with Crippen molar-refractivity contribution >= 4 is 25.4 Å². The second-order valence-corrected chi connectivity index (χ2v) is 15.4. The fraction of sp³-hybridized carbons (Fsp3) is 0.391. The molecule has 1 aliphatic heterocycles. The number of allylic oxidation sites excluding steroid dienone is 1. The van der Waals surface area contributed by atoms with Crippen LogP contribution in [0.4, 0.5) is 0 Å². The van der Waals surface area contributed by atoms with Gasteiger partial charge in [0.1, 0.15) is 0 Å². The first kappa shape index (κ1) is 17.2. The molecule has 2 aromatic carbocycles. The quantitative estimate of drug-likeness (QED) is 0.532. The van der Waals surface area contributed by atoms with Crippen molar-refractivity contribution < 1.29 is 0 Å². The van der Waals surface area contributed by atoms with E-state index in [9.17, 15) is 0 Å². The summed E-state index contributed by atoms with van der Waals surface area (Å²) in [6.07, 6.45) is 0. The van der Waals surface area contributed by atoms with Gasteiger partial charge in [0.2, 0.25) is 0 Å². The molecule has 2 unspecified atom stereocenters. The maximum absolute atomic E-state index is 2.58. The highest BCUT2D eigenvalue weighted by molar-refractivity contribution is 8.04. The molecule has 130 valence electrons. The van der Waals surface area contributed by atoms with Crippen molar-refractivity contribution in [3.05, 3.63) is 76.7 Å². The molecule has 1 aliphatic carbocycles. The van der Waals surface area contributed by atoms with Gasteiger partial charge in [-0.2, -0.15) is 0 Å². The highest BCUT2D eigenvalue weighted by Gasteiger charge is 2.79. The van der Waals surface area contributed by atoms with Crippen molar-refractivity contribution in [2.45, 2.75) is 38.5 Å².